The first-order chi connectivity index (χ1) is 12.9. The molecule has 0 radical (unpaired) electrons. The highest BCUT2D eigenvalue weighted by Gasteiger charge is 2.42. The second-order valence-electron chi connectivity index (χ2n) is 6.92. The molecule has 2 N–H and O–H groups in total. The molecule has 1 aromatic rings. The fraction of sp³-hybridized carbons (Fsp3) is 0.556. The molecule has 1 atom stereocenters. The van der Waals surface area contributed by atoms with Crippen molar-refractivity contribution in [3.05, 3.63) is 29.6 Å². The SMILES string of the molecule is CCNC(=NCC(=O)Nc1ccc(F)c(F)c1F)N1CCC2(CCOC2)C1. The molecule has 0 bridgehead atoms. The van der Waals surface area contributed by atoms with Crippen molar-refractivity contribution >= 4 is 17.6 Å². The number of ether oxygens (including phenoxy) is 1. The van der Waals surface area contributed by atoms with Crippen molar-refractivity contribution in [3.63, 3.8) is 0 Å². The maximum Gasteiger partial charge on any atom is 0.246 e. The first kappa shape index (κ1) is 19.5. The van der Waals surface area contributed by atoms with Gasteiger partial charge in [0.25, 0.3) is 0 Å². The zero-order valence-electron chi connectivity index (χ0n) is 15.2. The number of likely N-dealkylation sites (tertiary alicyclic amines) is 1. The summed E-state index contributed by atoms with van der Waals surface area (Å²) in [5, 5.41) is 5.37. The fourth-order valence-electron chi connectivity index (χ4n) is 3.47. The van der Waals surface area contributed by atoms with Crippen molar-refractivity contribution < 1.29 is 22.7 Å². The van der Waals surface area contributed by atoms with Gasteiger partial charge in [0, 0.05) is 31.7 Å². The lowest BCUT2D eigenvalue weighted by atomic mass is 9.87. The molecule has 1 amide bonds. The Hall–Kier alpha value is -2.29. The minimum absolute atomic E-state index is 0.146. The highest BCUT2D eigenvalue weighted by atomic mass is 19.2. The van der Waals surface area contributed by atoms with E-state index in [1.54, 1.807) is 0 Å². The molecular formula is C18H23F3N4O2. The van der Waals surface area contributed by atoms with Gasteiger partial charge in [-0.2, -0.15) is 0 Å². The third kappa shape index (κ3) is 4.35. The van der Waals surface area contributed by atoms with Gasteiger partial charge in [0.2, 0.25) is 5.91 Å². The van der Waals surface area contributed by atoms with Gasteiger partial charge in [0.05, 0.1) is 12.3 Å². The number of carbonyl (C=O) groups excluding carboxylic acids is 1. The van der Waals surface area contributed by atoms with E-state index in [1.165, 1.54) is 0 Å². The second-order valence-corrected chi connectivity index (χ2v) is 6.92. The second kappa shape index (κ2) is 8.16. The number of amides is 1. The van der Waals surface area contributed by atoms with Gasteiger partial charge in [-0.15, -0.1) is 0 Å². The van der Waals surface area contributed by atoms with Crippen molar-refractivity contribution in [1.29, 1.82) is 0 Å². The standard InChI is InChI=1S/C18H23F3N4O2/c1-2-22-17(25-7-5-18(10-25)6-8-27-11-18)23-9-14(26)24-13-4-3-12(19)15(20)16(13)21/h3-4H,2,5-11H2,1H3,(H,22,23)(H,24,26). The van der Waals surface area contributed by atoms with Crippen LogP contribution in [0.25, 0.3) is 0 Å². The van der Waals surface area contributed by atoms with Gasteiger partial charge >= 0.3 is 0 Å². The van der Waals surface area contributed by atoms with E-state index >= 15 is 0 Å². The van der Waals surface area contributed by atoms with Crippen LogP contribution in [0.1, 0.15) is 19.8 Å². The fourth-order valence-corrected chi connectivity index (χ4v) is 3.47. The molecule has 2 aliphatic rings. The van der Waals surface area contributed by atoms with Crippen LogP contribution in [0.3, 0.4) is 0 Å². The molecule has 0 saturated carbocycles. The molecule has 3 rings (SSSR count). The van der Waals surface area contributed by atoms with Crippen molar-refractivity contribution in [2.75, 3.05) is 44.7 Å². The zero-order chi connectivity index (χ0) is 19.4. The first-order valence-electron chi connectivity index (χ1n) is 8.98. The number of anilines is 1. The molecule has 2 saturated heterocycles. The van der Waals surface area contributed by atoms with E-state index in [-0.39, 0.29) is 12.0 Å². The molecular weight excluding hydrogens is 361 g/mol. The summed E-state index contributed by atoms with van der Waals surface area (Å²) in [5.41, 5.74) is -0.268. The lowest BCUT2D eigenvalue weighted by Crippen LogP contribution is -2.42. The smallest absolute Gasteiger partial charge is 0.246 e. The number of guanidine groups is 1. The van der Waals surface area contributed by atoms with Gasteiger partial charge in [0.15, 0.2) is 23.4 Å². The van der Waals surface area contributed by atoms with Crippen LogP contribution >= 0.6 is 0 Å². The number of halogens is 3. The number of nitrogens with one attached hydrogen (secondary N) is 2. The topological polar surface area (TPSA) is 66.0 Å². The van der Waals surface area contributed by atoms with Crippen LogP contribution in [0, 0.1) is 22.9 Å². The monoisotopic (exact) mass is 384 g/mol. The van der Waals surface area contributed by atoms with E-state index in [0.29, 0.717) is 12.5 Å². The Bertz CT molecular complexity index is 736. The van der Waals surface area contributed by atoms with E-state index in [4.69, 9.17) is 4.74 Å². The summed E-state index contributed by atoms with van der Waals surface area (Å²) < 4.78 is 45.4. The van der Waals surface area contributed by atoms with E-state index in [0.717, 1.165) is 51.3 Å². The summed E-state index contributed by atoms with van der Waals surface area (Å²) in [6, 6.07) is 1.74. The molecule has 0 aliphatic carbocycles. The average molecular weight is 384 g/mol. The Morgan fingerprint density at radius 3 is 2.81 bits per heavy atom. The van der Waals surface area contributed by atoms with Crippen LogP contribution in [0.4, 0.5) is 18.9 Å². The number of aliphatic imine (C=N–C) groups is 1. The van der Waals surface area contributed by atoms with Gasteiger partial charge in [-0.05, 0) is 31.9 Å². The largest absolute Gasteiger partial charge is 0.381 e. The van der Waals surface area contributed by atoms with Crippen LogP contribution in [-0.4, -0.2) is 56.2 Å². The summed E-state index contributed by atoms with van der Waals surface area (Å²) in [6.07, 6.45) is 2.02. The Balaban J connectivity index is 1.63. The summed E-state index contributed by atoms with van der Waals surface area (Å²) in [7, 11) is 0. The number of benzene rings is 1. The number of carbonyl (C=O) groups is 1. The van der Waals surface area contributed by atoms with Crippen molar-refractivity contribution in [2.24, 2.45) is 10.4 Å². The van der Waals surface area contributed by atoms with Crippen LogP contribution in [0.5, 0.6) is 0 Å². The molecule has 9 heteroatoms. The molecule has 6 nitrogen and oxygen atoms in total. The maximum atomic E-state index is 13.7. The molecule has 2 aliphatic heterocycles. The average Bonchev–Trinajstić information content (AvgIpc) is 3.29. The third-order valence-corrected chi connectivity index (χ3v) is 4.94. The third-order valence-electron chi connectivity index (χ3n) is 4.94. The Kier molecular flexibility index (Phi) is 5.88. The zero-order valence-corrected chi connectivity index (χ0v) is 15.2. The number of hydrogen-bond donors (Lipinski definition) is 2. The van der Waals surface area contributed by atoms with E-state index < -0.39 is 29.0 Å². The molecule has 0 aromatic heterocycles. The molecule has 2 heterocycles. The van der Waals surface area contributed by atoms with Gasteiger partial charge < -0.3 is 20.3 Å². The summed E-state index contributed by atoms with van der Waals surface area (Å²) in [5.74, 6) is -4.37. The van der Waals surface area contributed by atoms with Crippen LogP contribution in [0.2, 0.25) is 0 Å². The van der Waals surface area contributed by atoms with Crippen molar-refractivity contribution in [2.45, 2.75) is 19.8 Å². The lowest BCUT2D eigenvalue weighted by Gasteiger charge is -2.24. The molecule has 1 unspecified atom stereocenters. The summed E-state index contributed by atoms with van der Waals surface area (Å²) in [6.45, 7) is 5.42. The number of nitrogens with zero attached hydrogens (tertiary/aromatic N) is 2. The number of hydrogen-bond acceptors (Lipinski definition) is 3. The molecule has 148 valence electrons. The predicted octanol–water partition coefficient (Wildman–Crippen LogP) is 2.12. The van der Waals surface area contributed by atoms with Gasteiger partial charge in [-0.3, -0.25) is 4.79 Å². The van der Waals surface area contributed by atoms with Crippen LogP contribution in [-0.2, 0) is 9.53 Å². The van der Waals surface area contributed by atoms with E-state index in [1.807, 2.05) is 6.92 Å². The van der Waals surface area contributed by atoms with E-state index in [9.17, 15) is 18.0 Å². The molecule has 1 aromatic carbocycles. The number of rotatable bonds is 4. The Labute approximate surface area is 155 Å². The molecule has 2 fully saturated rings. The Morgan fingerprint density at radius 2 is 2.11 bits per heavy atom. The Morgan fingerprint density at radius 1 is 1.30 bits per heavy atom. The molecule has 1 spiro atoms. The van der Waals surface area contributed by atoms with Crippen LogP contribution in [0.15, 0.2) is 17.1 Å². The normalized spacial score (nSPS) is 22.5. The maximum absolute atomic E-state index is 13.7. The first-order valence-corrected chi connectivity index (χ1v) is 8.98. The highest BCUT2D eigenvalue weighted by molar-refractivity contribution is 5.94. The van der Waals surface area contributed by atoms with Crippen molar-refractivity contribution in [1.82, 2.24) is 10.2 Å². The van der Waals surface area contributed by atoms with Gasteiger partial charge in [0.1, 0.15) is 6.54 Å². The summed E-state index contributed by atoms with van der Waals surface area (Å²) in [4.78, 5) is 18.5. The summed E-state index contributed by atoms with van der Waals surface area (Å²) >= 11 is 0. The molecule has 27 heavy (non-hydrogen) atoms. The minimum atomic E-state index is -1.62. The predicted molar refractivity (Wildman–Crippen MR) is 95.0 cm³/mol. The van der Waals surface area contributed by atoms with Crippen molar-refractivity contribution in [3.8, 4) is 0 Å². The quantitative estimate of drug-likeness (QED) is 0.474. The van der Waals surface area contributed by atoms with E-state index in [2.05, 4.69) is 20.5 Å². The minimum Gasteiger partial charge on any atom is -0.381 e. The van der Waals surface area contributed by atoms with Gasteiger partial charge in [-0.25, -0.2) is 18.2 Å². The lowest BCUT2D eigenvalue weighted by molar-refractivity contribution is -0.114. The van der Waals surface area contributed by atoms with Crippen LogP contribution < -0.4 is 10.6 Å². The highest BCUT2D eigenvalue weighted by Crippen LogP contribution is 2.38. The van der Waals surface area contributed by atoms with Gasteiger partial charge in [-0.1, -0.05) is 0 Å².